The van der Waals surface area contributed by atoms with Crippen LogP contribution in [0.2, 0.25) is 0 Å². The highest BCUT2D eigenvalue weighted by molar-refractivity contribution is 4.58. The van der Waals surface area contributed by atoms with Crippen molar-refractivity contribution in [3.63, 3.8) is 0 Å². The van der Waals surface area contributed by atoms with Gasteiger partial charge in [0.1, 0.15) is 0 Å². The Morgan fingerprint density at radius 3 is 0.825 bits per heavy atom. The fourth-order valence-corrected chi connectivity index (χ4v) is 5.59. The van der Waals surface area contributed by atoms with E-state index in [0.29, 0.717) is 0 Å². The molecule has 0 saturated carbocycles. The zero-order chi connectivity index (χ0) is 29.6. The van der Waals surface area contributed by atoms with Crippen LogP contribution in [0.15, 0.2) is 12.8 Å². The molecule has 0 aromatic carbocycles. The van der Waals surface area contributed by atoms with Crippen LogP contribution < -0.4 is 0 Å². The van der Waals surface area contributed by atoms with Gasteiger partial charge in [0.15, 0.2) is 0 Å². The van der Waals surface area contributed by atoms with Crippen molar-refractivity contribution in [2.24, 2.45) is 0 Å². The van der Waals surface area contributed by atoms with Gasteiger partial charge in [-0.05, 0) is 19.8 Å². The molecule has 0 aromatic rings. The molecule has 2 heteroatoms. The van der Waals surface area contributed by atoms with Gasteiger partial charge in [-0.25, -0.2) is 0 Å². The van der Waals surface area contributed by atoms with Crippen molar-refractivity contribution >= 4 is 0 Å². The minimum Gasteiger partial charge on any atom is -0.502 e. The molecule has 0 spiro atoms. The molecule has 0 heterocycles. The summed E-state index contributed by atoms with van der Waals surface area (Å²) in [6.45, 7) is 10.6. The van der Waals surface area contributed by atoms with Gasteiger partial charge in [0.25, 0.3) is 0 Å². The van der Waals surface area contributed by atoms with Crippen LogP contribution in [-0.2, 0) is 4.74 Å². The molecule has 2 nitrogen and oxygen atoms in total. The van der Waals surface area contributed by atoms with Crippen molar-refractivity contribution in [1.82, 2.24) is 0 Å². The Morgan fingerprint density at radius 2 is 0.650 bits per heavy atom. The predicted molar refractivity (Wildman–Crippen MR) is 182 cm³/mol. The summed E-state index contributed by atoms with van der Waals surface area (Å²) >= 11 is 0. The normalized spacial score (nSPS) is 11.7. The highest BCUT2D eigenvalue weighted by atomic mass is 16.5. The van der Waals surface area contributed by atoms with Crippen LogP contribution in [-0.4, -0.2) is 17.8 Å². The average molecular weight is 567 g/mol. The van der Waals surface area contributed by atoms with Crippen LogP contribution >= 0.6 is 0 Å². The van der Waals surface area contributed by atoms with Gasteiger partial charge in [0.2, 0.25) is 0 Å². The molecule has 0 fully saturated rings. The SMILES string of the molecule is C=COCC.CCCCCCCCCCCCCCCCCC(O)CCCCCCCCCCCCCCCC. The fourth-order valence-electron chi connectivity index (χ4n) is 5.59. The molecule has 0 aliphatic rings. The smallest absolute Gasteiger partial charge is 0.0844 e. The molecule has 1 atom stereocenters. The summed E-state index contributed by atoms with van der Waals surface area (Å²) in [7, 11) is 0. The van der Waals surface area contributed by atoms with Gasteiger partial charge in [0.05, 0.1) is 19.0 Å². The highest BCUT2D eigenvalue weighted by Crippen LogP contribution is 2.17. The largest absolute Gasteiger partial charge is 0.502 e. The van der Waals surface area contributed by atoms with E-state index < -0.39 is 0 Å². The van der Waals surface area contributed by atoms with E-state index in [1.807, 2.05) is 6.92 Å². The van der Waals surface area contributed by atoms with Gasteiger partial charge in [-0.2, -0.15) is 0 Å². The lowest BCUT2D eigenvalue weighted by atomic mass is 10.0. The molecule has 0 aliphatic heterocycles. The number of aliphatic hydroxyl groups is 1. The van der Waals surface area contributed by atoms with Crippen molar-refractivity contribution in [3.8, 4) is 0 Å². The van der Waals surface area contributed by atoms with E-state index in [0.717, 1.165) is 19.4 Å². The van der Waals surface area contributed by atoms with Crippen molar-refractivity contribution in [2.45, 2.75) is 226 Å². The Hall–Kier alpha value is -0.500. The second kappa shape index (κ2) is 40.6. The number of hydrogen-bond acceptors (Lipinski definition) is 2. The molecule has 1 N–H and O–H groups in total. The van der Waals surface area contributed by atoms with E-state index in [9.17, 15) is 5.11 Å². The second-order valence-corrected chi connectivity index (χ2v) is 12.4. The molecule has 1 unspecified atom stereocenters. The van der Waals surface area contributed by atoms with Gasteiger partial charge >= 0.3 is 0 Å². The minimum atomic E-state index is -0.0331. The Bertz CT molecular complexity index is 422. The first kappa shape index (κ1) is 41.6. The molecule has 0 aromatic heterocycles. The predicted octanol–water partition coefficient (Wildman–Crippen LogP) is 13.6. The molecule has 0 radical (unpaired) electrons. The van der Waals surface area contributed by atoms with Crippen LogP contribution in [0.4, 0.5) is 0 Å². The number of unbranched alkanes of at least 4 members (excludes halogenated alkanes) is 27. The fraction of sp³-hybridized carbons (Fsp3) is 0.947. The molecular weight excluding hydrogens is 488 g/mol. The quantitative estimate of drug-likeness (QED) is 0.0632. The molecule has 40 heavy (non-hydrogen) atoms. The van der Waals surface area contributed by atoms with E-state index in [4.69, 9.17) is 0 Å². The summed E-state index contributed by atoms with van der Waals surface area (Å²) in [5, 5.41) is 10.2. The summed E-state index contributed by atoms with van der Waals surface area (Å²) in [6, 6.07) is 0. The number of aliphatic hydroxyl groups excluding tert-OH is 1. The second-order valence-electron chi connectivity index (χ2n) is 12.4. The monoisotopic (exact) mass is 567 g/mol. The van der Waals surface area contributed by atoms with Gasteiger partial charge in [0, 0.05) is 0 Å². The van der Waals surface area contributed by atoms with Crippen molar-refractivity contribution in [3.05, 3.63) is 12.8 Å². The molecule has 0 aliphatic carbocycles. The third kappa shape index (κ3) is 42.0. The Balaban J connectivity index is 0. The summed E-state index contributed by atoms with van der Waals surface area (Å²) in [5.41, 5.74) is 0. The highest BCUT2D eigenvalue weighted by Gasteiger charge is 2.04. The minimum absolute atomic E-state index is 0.0331. The lowest BCUT2D eigenvalue weighted by Crippen LogP contribution is -2.05. The first-order valence-corrected chi connectivity index (χ1v) is 18.6. The number of rotatable bonds is 33. The molecule has 0 rings (SSSR count). The molecule has 0 saturated heterocycles. The maximum Gasteiger partial charge on any atom is 0.0844 e. The Morgan fingerprint density at radius 1 is 0.425 bits per heavy atom. The Kier molecular flexibility index (Phi) is 42.3. The average Bonchev–Trinajstić information content (AvgIpc) is 2.96. The van der Waals surface area contributed by atoms with Crippen molar-refractivity contribution in [2.75, 3.05) is 6.61 Å². The maximum atomic E-state index is 10.2. The lowest BCUT2D eigenvalue weighted by molar-refractivity contribution is 0.147. The van der Waals surface area contributed by atoms with Gasteiger partial charge in [-0.15, -0.1) is 0 Å². The van der Waals surface area contributed by atoms with Crippen LogP contribution in [0.5, 0.6) is 0 Å². The first-order valence-electron chi connectivity index (χ1n) is 18.6. The topological polar surface area (TPSA) is 29.5 Å². The van der Waals surface area contributed by atoms with E-state index in [2.05, 4.69) is 25.2 Å². The van der Waals surface area contributed by atoms with E-state index in [1.54, 1.807) is 0 Å². The molecular formula is C38H78O2. The lowest BCUT2D eigenvalue weighted by Gasteiger charge is -2.10. The van der Waals surface area contributed by atoms with E-state index >= 15 is 0 Å². The third-order valence-corrected chi connectivity index (χ3v) is 8.32. The summed E-state index contributed by atoms with van der Waals surface area (Å²) < 4.78 is 4.60. The zero-order valence-electron chi connectivity index (χ0n) is 28.3. The molecule has 242 valence electrons. The standard InChI is InChI=1S/C34H70O.C4H8O/c1-3-5-7-9-11-13-15-17-19-21-23-25-27-29-31-33-34(35)32-30-28-26-24-22-20-18-16-14-12-10-8-6-4-2;1-3-5-4-2/h34-35H,3-33H2,1-2H3;3H,1,4H2,2H3. The van der Waals surface area contributed by atoms with Crippen molar-refractivity contribution < 1.29 is 9.84 Å². The van der Waals surface area contributed by atoms with Crippen molar-refractivity contribution in [1.29, 1.82) is 0 Å². The van der Waals surface area contributed by atoms with Crippen LogP contribution in [0.1, 0.15) is 220 Å². The third-order valence-electron chi connectivity index (χ3n) is 8.32. The zero-order valence-corrected chi connectivity index (χ0v) is 28.3. The number of hydrogen-bond donors (Lipinski definition) is 1. The first-order chi connectivity index (χ1) is 19.7. The summed E-state index contributed by atoms with van der Waals surface area (Å²) in [5.74, 6) is 0. The molecule has 0 bridgehead atoms. The molecule has 0 amide bonds. The van der Waals surface area contributed by atoms with Crippen LogP contribution in [0, 0.1) is 0 Å². The summed E-state index contributed by atoms with van der Waals surface area (Å²) in [4.78, 5) is 0. The maximum absolute atomic E-state index is 10.2. The van der Waals surface area contributed by atoms with Crippen LogP contribution in [0.3, 0.4) is 0 Å². The van der Waals surface area contributed by atoms with Crippen LogP contribution in [0.25, 0.3) is 0 Å². The van der Waals surface area contributed by atoms with Gasteiger partial charge in [-0.1, -0.05) is 207 Å². The van der Waals surface area contributed by atoms with E-state index in [1.165, 1.54) is 192 Å². The van der Waals surface area contributed by atoms with E-state index in [-0.39, 0.29) is 6.10 Å². The van der Waals surface area contributed by atoms with Gasteiger partial charge in [-0.3, -0.25) is 0 Å². The Labute approximate surface area is 254 Å². The summed E-state index contributed by atoms with van der Waals surface area (Å²) in [6.07, 6.45) is 44.4. The number of ether oxygens (including phenoxy) is 1. The van der Waals surface area contributed by atoms with Gasteiger partial charge < -0.3 is 9.84 Å².